The van der Waals surface area contributed by atoms with Crippen LogP contribution in [0.4, 0.5) is 0 Å². The Morgan fingerprint density at radius 3 is 2.87 bits per heavy atom. The number of rotatable bonds is 5. The lowest BCUT2D eigenvalue weighted by molar-refractivity contribution is -0.0461. The average molecular weight is 316 g/mol. The van der Waals surface area contributed by atoms with Crippen molar-refractivity contribution in [3.63, 3.8) is 0 Å². The van der Waals surface area contributed by atoms with Gasteiger partial charge in [-0.15, -0.1) is 0 Å². The highest BCUT2D eigenvalue weighted by Crippen LogP contribution is 2.22. The van der Waals surface area contributed by atoms with Gasteiger partial charge in [0, 0.05) is 24.7 Å². The summed E-state index contributed by atoms with van der Waals surface area (Å²) in [5.41, 5.74) is 2.01. The molecule has 2 aliphatic rings. The van der Waals surface area contributed by atoms with Gasteiger partial charge in [-0.25, -0.2) is 0 Å². The van der Waals surface area contributed by atoms with Crippen molar-refractivity contribution >= 4 is 5.91 Å². The Hall–Kier alpha value is -1.39. The Morgan fingerprint density at radius 2 is 2.13 bits per heavy atom. The first-order chi connectivity index (χ1) is 11.1. The van der Waals surface area contributed by atoms with E-state index in [2.05, 4.69) is 36.2 Å². The van der Waals surface area contributed by atoms with Gasteiger partial charge in [0.2, 0.25) is 0 Å². The number of benzene rings is 1. The first-order valence-corrected chi connectivity index (χ1v) is 8.84. The number of nitrogens with one attached hydrogen (secondary N) is 1. The minimum Gasteiger partial charge on any atom is -0.373 e. The van der Waals surface area contributed by atoms with Crippen molar-refractivity contribution in [2.24, 2.45) is 5.92 Å². The topological polar surface area (TPSA) is 41.6 Å². The predicted octanol–water partition coefficient (Wildman–Crippen LogP) is 2.48. The summed E-state index contributed by atoms with van der Waals surface area (Å²) in [5, 5.41) is 3.02. The predicted molar refractivity (Wildman–Crippen MR) is 91.7 cm³/mol. The molecule has 23 heavy (non-hydrogen) atoms. The van der Waals surface area contributed by atoms with E-state index < -0.39 is 0 Å². The molecule has 1 aromatic rings. The van der Waals surface area contributed by atoms with E-state index in [4.69, 9.17) is 4.74 Å². The minimum absolute atomic E-state index is 0.00626. The summed E-state index contributed by atoms with van der Waals surface area (Å²) in [6, 6.07) is 8.56. The number of morpholine rings is 1. The molecule has 2 saturated heterocycles. The third-order valence-corrected chi connectivity index (χ3v) is 4.81. The second kappa shape index (κ2) is 7.45. The number of hydrogen-bond acceptors (Lipinski definition) is 3. The monoisotopic (exact) mass is 316 g/mol. The highest BCUT2D eigenvalue weighted by atomic mass is 16.5. The quantitative estimate of drug-likeness (QED) is 0.907. The van der Waals surface area contributed by atoms with Gasteiger partial charge in [0.15, 0.2) is 0 Å². The Bertz CT molecular complexity index is 527. The molecule has 4 nitrogen and oxygen atoms in total. The van der Waals surface area contributed by atoms with Crippen molar-refractivity contribution in [1.29, 1.82) is 0 Å². The van der Waals surface area contributed by atoms with E-state index in [0.29, 0.717) is 18.5 Å². The van der Waals surface area contributed by atoms with E-state index >= 15 is 0 Å². The molecule has 2 heterocycles. The van der Waals surface area contributed by atoms with Crippen LogP contribution in [0.25, 0.3) is 0 Å². The van der Waals surface area contributed by atoms with E-state index in [-0.39, 0.29) is 12.0 Å². The van der Waals surface area contributed by atoms with Gasteiger partial charge in [-0.1, -0.05) is 26.0 Å². The van der Waals surface area contributed by atoms with Crippen molar-refractivity contribution in [2.45, 2.75) is 45.3 Å². The van der Waals surface area contributed by atoms with Gasteiger partial charge in [-0.2, -0.15) is 0 Å². The van der Waals surface area contributed by atoms with Gasteiger partial charge < -0.3 is 10.1 Å². The van der Waals surface area contributed by atoms with Gasteiger partial charge in [-0.3, -0.25) is 9.69 Å². The molecule has 2 fully saturated rings. The summed E-state index contributed by atoms with van der Waals surface area (Å²) < 4.78 is 5.88. The molecule has 0 aliphatic carbocycles. The zero-order valence-electron chi connectivity index (χ0n) is 14.3. The van der Waals surface area contributed by atoms with Gasteiger partial charge in [0.05, 0.1) is 12.7 Å². The molecule has 0 radical (unpaired) electrons. The van der Waals surface area contributed by atoms with Gasteiger partial charge in [0.25, 0.3) is 5.91 Å². The maximum atomic E-state index is 12.3. The largest absolute Gasteiger partial charge is 0.373 e. The molecule has 126 valence electrons. The fourth-order valence-electron chi connectivity index (χ4n) is 3.58. The first kappa shape index (κ1) is 16.5. The van der Waals surface area contributed by atoms with Crippen molar-refractivity contribution in [3.05, 3.63) is 35.4 Å². The third kappa shape index (κ3) is 4.33. The molecular formula is C19H28N2O2. The van der Waals surface area contributed by atoms with E-state index in [1.54, 1.807) is 0 Å². The van der Waals surface area contributed by atoms with Crippen LogP contribution in [0.15, 0.2) is 24.3 Å². The van der Waals surface area contributed by atoms with Crippen molar-refractivity contribution in [3.8, 4) is 0 Å². The number of carbonyl (C=O) groups is 1. The Labute approximate surface area is 139 Å². The number of fused-ring (bicyclic) bond motifs is 1. The SMILES string of the molecule is CC(C)Cc1ccc(C(=O)NC[C@@H]2CN3CCC[C@H]3CO2)cc1. The summed E-state index contributed by atoms with van der Waals surface area (Å²) in [6.45, 7) is 7.93. The number of hydrogen-bond donors (Lipinski definition) is 1. The van der Waals surface area contributed by atoms with Crippen molar-refractivity contribution in [2.75, 3.05) is 26.2 Å². The summed E-state index contributed by atoms with van der Waals surface area (Å²) in [7, 11) is 0. The molecule has 1 aromatic carbocycles. The van der Waals surface area contributed by atoms with Crippen molar-refractivity contribution < 1.29 is 9.53 Å². The number of nitrogens with zero attached hydrogens (tertiary/aromatic N) is 1. The molecule has 0 aromatic heterocycles. The van der Waals surface area contributed by atoms with Gasteiger partial charge in [-0.05, 0) is 49.4 Å². The highest BCUT2D eigenvalue weighted by Gasteiger charge is 2.32. The molecule has 0 bridgehead atoms. The molecule has 0 saturated carbocycles. The number of carbonyl (C=O) groups excluding carboxylic acids is 1. The second-order valence-electron chi connectivity index (χ2n) is 7.25. The maximum Gasteiger partial charge on any atom is 0.251 e. The standard InChI is InChI=1S/C19H28N2O2/c1-14(2)10-15-5-7-16(8-6-15)19(22)20-11-18-12-21-9-3-4-17(21)13-23-18/h5-8,14,17-18H,3-4,9-13H2,1-2H3,(H,20,22)/t17-,18+/m0/s1. The molecule has 2 atom stereocenters. The van der Waals surface area contributed by atoms with E-state index in [0.717, 1.165) is 25.1 Å². The van der Waals surface area contributed by atoms with Crippen LogP contribution in [-0.2, 0) is 11.2 Å². The number of ether oxygens (including phenoxy) is 1. The molecule has 4 heteroatoms. The normalized spacial score (nSPS) is 24.7. The van der Waals surface area contributed by atoms with Crippen molar-refractivity contribution in [1.82, 2.24) is 10.2 Å². The Morgan fingerprint density at radius 1 is 1.35 bits per heavy atom. The van der Waals surface area contributed by atoms with Crippen LogP contribution in [0.5, 0.6) is 0 Å². The van der Waals surface area contributed by atoms with Crippen LogP contribution in [-0.4, -0.2) is 49.2 Å². The Balaban J connectivity index is 1.47. The average Bonchev–Trinajstić information content (AvgIpc) is 3.00. The maximum absolute atomic E-state index is 12.3. The van der Waals surface area contributed by atoms with Gasteiger partial charge >= 0.3 is 0 Å². The fraction of sp³-hybridized carbons (Fsp3) is 0.632. The zero-order valence-corrected chi connectivity index (χ0v) is 14.3. The molecule has 3 rings (SSSR count). The van der Waals surface area contributed by atoms with E-state index in [9.17, 15) is 4.79 Å². The van der Waals surface area contributed by atoms with E-state index in [1.165, 1.54) is 24.9 Å². The molecule has 1 amide bonds. The Kier molecular flexibility index (Phi) is 5.34. The fourth-order valence-corrected chi connectivity index (χ4v) is 3.58. The van der Waals surface area contributed by atoms with Crippen LogP contribution in [0.2, 0.25) is 0 Å². The smallest absolute Gasteiger partial charge is 0.251 e. The summed E-state index contributed by atoms with van der Waals surface area (Å²) >= 11 is 0. The van der Waals surface area contributed by atoms with Crippen LogP contribution in [0.3, 0.4) is 0 Å². The zero-order chi connectivity index (χ0) is 16.2. The molecule has 2 aliphatic heterocycles. The molecule has 1 N–H and O–H groups in total. The highest BCUT2D eigenvalue weighted by molar-refractivity contribution is 5.94. The van der Waals surface area contributed by atoms with Crippen LogP contribution < -0.4 is 5.32 Å². The summed E-state index contributed by atoms with van der Waals surface area (Å²) in [6.07, 6.45) is 3.69. The molecular weight excluding hydrogens is 288 g/mol. The lowest BCUT2D eigenvalue weighted by Crippen LogP contribution is -2.50. The summed E-state index contributed by atoms with van der Waals surface area (Å²) in [4.78, 5) is 14.8. The van der Waals surface area contributed by atoms with Gasteiger partial charge in [0.1, 0.15) is 0 Å². The number of amides is 1. The van der Waals surface area contributed by atoms with E-state index in [1.807, 2.05) is 12.1 Å². The van der Waals surface area contributed by atoms with Crippen LogP contribution in [0, 0.1) is 5.92 Å². The lowest BCUT2D eigenvalue weighted by atomic mass is 10.0. The third-order valence-electron chi connectivity index (χ3n) is 4.81. The second-order valence-corrected chi connectivity index (χ2v) is 7.25. The molecule has 0 spiro atoms. The summed E-state index contributed by atoms with van der Waals surface area (Å²) in [5.74, 6) is 0.626. The molecule has 0 unspecified atom stereocenters. The lowest BCUT2D eigenvalue weighted by Gasteiger charge is -2.35. The van der Waals surface area contributed by atoms with Crippen LogP contribution >= 0.6 is 0 Å². The van der Waals surface area contributed by atoms with Crippen LogP contribution in [0.1, 0.15) is 42.6 Å². The first-order valence-electron chi connectivity index (χ1n) is 8.84. The minimum atomic E-state index is -0.00626.